The monoisotopic (exact) mass is 160 g/mol. The Kier molecular flexibility index (Phi) is 3.10. The van der Waals surface area contributed by atoms with Gasteiger partial charge in [-0.25, -0.2) is 4.39 Å². The summed E-state index contributed by atoms with van der Waals surface area (Å²) >= 11 is 0. The van der Waals surface area contributed by atoms with Gasteiger partial charge in [0.2, 0.25) is 0 Å². The second-order valence-electron chi connectivity index (χ2n) is 2.30. The Balaban J connectivity index is 2.77. The Morgan fingerprint density at radius 3 is 3.00 bits per heavy atom. The summed E-state index contributed by atoms with van der Waals surface area (Å²) in [5, 5.41) is 0. The fourth-order valence-corrected chi connectivity index (χ4v) is 0.791. The zero-order chi connectivity index (χ0) is 8.81. The Bertz CT molecular complexity index is 328. The summed E-state index contributed by atoms with van der Waals surface area (Å²) < 4.78 is 12.6. The van der Waals surface area contributed by atoms with Crippen LogP contribution in [0.3, 0.4) is 0 Å². The van der Waals surface area contributed by atoms with E-state index in [1.807, 2.05) is 0 Å². The zero-order valence-corrected chi connectivity index (χ0v) is 6.68. The molecule has 0 atom stereocenters. The van der Waals surface area contributed by atoms with Crippen molar-refractivity contribution in [1.82, 2.24) is 0 Å². The van der Waals surface area contributed by atoms with Crippen molar-refractivity contribution < 1.29 is 4.39 Å². The van der Waals surface area contributed by atoms with Crippen molar-refractivity contribution in [1.29, 1.82) is 0 Å². The van der Waals surface area contributed by atoms with Crippen LogP contribution in [0.5, 0.6) is 0 Å². The van der Waals surface area contributed by atoms with Crippen molar-refractivity contribution in [3.8, 4) is 11.8 Å². The van der Waals surface area contributed by atoms with Gasteiger partial charge in [0.15, 0.2) is 0 Å². The third-order valence-electron chi connectivity index (χ3n) is 1.30. The first-order chi connectivity index (χ1) is 5.83. The van der Waals surface area contributed by atoms with E-state index in [1.165, 1.54) is 12.1 Å². The van der Waals surface area contributed by atoms with Crippen molar-refractivity contribution in [3.63, 3.8) is 0 Å². The molecule has 0 spiro atoms. The molecule has 0 unspecified atom stereocenters. The molecule has 60 valence electrons. The predicted octanol–water partition coefficient (Wildman–Crippen LogP) is 2.75. The molecule has 0 aliphatic carbocycles. The van der Waals surface area contributed by atoms with Crippen LogP contribution in [-0.4, -0.2) is 0 Å². The van der Waals surface area contributed by atoms with Gasteiger partial charge in [0.25, 0.3) is 0 Å². The van der Waals surface area contributed by atoms with Gasteiger partial charge in [-0.05, 0) is 18.2 Å². The molecule has 0 radical (unpaired) electrons. The van der Waals surface area contributed by atoms with Gasteiger partial charge in [-0.2, -0.15) is 0 Å². The second kappa shape index (κ2) is 4.35. The predicted molar refractivity (Wildman–Crippen MR) is 48.1 cm³/mol. The summed E-state index contributed by atoms with van der Waals surface area (Å²) in [6.45, 7) is 3.53. The SMILES string of the molecule is C=CCC#Cc1cccc(F)c1. The fraction of sp³-hybridized carbons (Fsp3) is 0.0909. The van der Waals surface area contributed by atoms with Crippen LogP contribution in [0.2, 0.25) is 0 Å². The van der Waals surface area contributed by atoms with Crippen LogP contribution in [0, 0.1) is 17.7 Å². The van der Waals surface area contributed by atoms with Gasteiger partial charge in [-0.15, -0.1) is 6.58 Å². The Labute approximate surface area is 71.7 Å². The minimum Gasteiger partial charge on any atom is -0.207 e. The maximum Gasteiger partial charge on any atom is 0.124 e. The molecule has 0 aromatic heterocycles. The highest BCUT2D eigenvalue weighted by Crippen LogP contribution is 2.01. The zero-order valence-electron chi connectivity index (χ0n) is 6.68. The molecule has 0 saturated carbocycles. The van der Waals surface area contributed by atoms with Crippen LogP contribution in [0.25, 0.3) is 0 Å². The van der Waals surface area contributed by atoms with Crippen molar-refractivity contribution in [2.24, 2.45) is 0 Å². The molecule has 12 heavy (non-hydrogen) atoms. The molecule has 0 N–H and O–H groups in total. The molecule has 0 heterocycles. The molecule has 0 fully saturated rings. The maximum absolute atomic E-state index is 12.6. The molecule has 1 rings (SSSR count). The molecule has 1 aromatic carbocycles. The van der Waals surface area contributed by atoms with Crippen molar-refractivity contribution in [3.05, 3.63) is 48.3 Å². The molecular formula is C11H9F. The highest BCUT2D eigenvalue weighted by atomic mass is 19.1. The van der Waals surface area contributed by atoms with E-state index in [-0.39, 0.29) is 5.82 Å². The number of benzene rings is 1. The quantitative estimate of drug-likeness (QED) is 0.437. The first-order valence-electron chi connectivity index (χ1n) is 3.68. The molecule has 0 amide bonds. The van der Waals surface area contributed by atoms with Gasteiger partial charge >= 0.3 is 0 Å². The lowest BCUT2D eigenvalue weighted by atomic mass is 10.2. The number of hydrogen-bond donors (Lipinski definition) is 0. The average Bonchev–Trinajstić information content (AvgIpc) is 2.05. The summed E-state index contributed by atoms with van der Waals surface area (Å²) in [5.41, 5.74) is 0.705. The molecule has 0 aliphatic rings. The topological polar surface area (TPSA) is 0 Å². The van der Waals surface area contributed by atoms with Crippen LogP contribution < -0.4 is 0 Å². The highest BCUT2D eigenvalue weighted by molar-refractivity contribution is 5.34. The largest absolute Gasteiger partial charge is 0.207 e. The van der Waals surface area contributed by atoms with Crippen LogP contribution in [0.15, 0.2) is 36.9 Å². The van der Waals surface area contributed by atoms with Crippen LogP contribution in [0.4, 0.5) is 4.39 Å². The van der Waals surface area contributed by atoms with E-state index >= 15 is 0 Å². The highest BCUT2D eigenvalue weighted by Gasteiger charge is 1.88. The van der Waals surface area contributed by atoms with Gasteiger partial charge in [0.05, 0.1) is 0 Å². The average molecular weight is 160 g/mol. The van der Waals surface area contributed by atoms with E-state index in [1.54, 1.807) is 18.2 Å². The molecule has 0 bridgehead atoms. The number of halogens is 1. The number of allylic oxidation sites excluding steroid dienone is 1. The third kappa shape index (κ3) is 2.59. The van der Waals surface area contributed by atoms with Crippen molar-refractivity contribution in [2.75, 3.05) is 0 Å². The smallest absolute Gasteiger partial charge is 0.124 e. The molecular weight excluding hydrogens is 151 g/mol. The lowest BCUT2D eigenvalue weighted by Gasteiger charge is -1.88. The maximum atomic E-state index is 12.6. The first-order valence-corrected chi connectivity index (χ1v) is 3.68. The van der Waals surface area contributed by atoms with Gasteiger partial charge in [-0.3, -0.25) is 0 Å². The van der Waals surface area contributed by atoms with E-state index in [2.05, 4.69) is 18.4 Å². The number of rotatable bonds is 1. The lowest BCUT2D eigenvalue weighted by molar-refractivity contribution is 0.627. The Morgan fingerprint density at radius 2 is 2.33 bits per heavy atom. The fourth-order valence-electron chi connectivity index (χ4n) is 0.791. The molecule has 0 nitrogen and oxygen atoms in total. The summed E-state index contributed by atoms with van der Waals surface area (Å²) in [7, 11) is 0. The lowest BCUT2D eigenvalue weighted by Crippen LogP contribution is -1.76. The minimum absolute atomic E-state index is 0.250. The van der Waals surface area contributed by atoms with Crippen LogP contribution in [0.1, 0.15) is 12.0 Å². The van der Waals surface area contributed by atoms with Crippen LogP contribution in [-0.2, 0) is 0 Å². The third-order valence-corrected chi connectivity index (χ3v) is 1.30. The summed E-state index contributed by atoms with van der Waals surface area (Å²) in [6.07, 6.45) is 2.35. The molecule has 0 aliphatic heterocycles. The van der Waals surface area contributed by atoms with Gasteiger partial charge in [0, 0.05) is 12.0 Å². The van der Waals surface area contributed by atoms with Crippen molar-refractivity contribution >= 4 is 0 Å². The van der Waals surface area contributed by atoms with Crippen LogP contribution >= 0.6 is 0 Å². The van der Waals surface area contributed by atoms with Gasteiger partial charge in [-0.1, -0.05) is 24.0 Å². The van der Waals surface area contributed by atoms with E-state index in [0.717, 1.165) is 0 Å². The molecule has 1 aromatic rings. The number of hydrogen-bond acceptors (Lipinski definition) is 0. The van der Waals surface area contributed by atoms with E-state index in [0.29, 0.717) is 12.0 Å². The second-order valence-corrected chi connectivity index (χ2v) is 2.30. The van der Waals surface area contributed by atoms with E-state index < -0.39 is 0 Å². The molecule has 1 heteroatoms. The summed E-state index contributed by atoms with van der Waals surface area (Å²) in [6, 6.07) is 6.24. The minimum atomic E-state index is -0.250. The van der Waals surface area contributed by atoms with E-state index in [4.69, 9.17) is 0 Å². The summed E-state index contributed by atoms with van der Waals surface area (Å²) in [4.78, 5) is 0. The van der Waals surface area contributed by atoms with Crippen molar-refractivity contribution in [2.45, 2.75) is 6.42 Å². The van der Waals surface area contributed by atoms with Gasteiger partial charge < -0.3 is 0 Å². The first kappa shape index (κ1) is 8.55. The standard InChI is InChI=1S/C11H9F/c1-2-3-4-6-10-7-5-8-11(12)9-10/h2,5,7-9H,1,3H2. The Morgan fingerprint density at radius 1 is 1.50 bits per heavy atom. The van der Waals surface area contributed by atoms with Gasteiger partial charge in [0.1, 0.15) is 5.82 Å². The van der Waals surface area contributed by atoms with E-state index in [9.17, 15) is 4.39 Å². The summed E-state index contributed by atoms with van der Waals surface area (Å²) in [5.74, 6) is 5.42. The normalized spacial score (nSPS) is 8.42. The molecule has 0 saturated heterocycles. The Hall–Kier alpha value is -1.55.